The third-order valence-corrected chi connectivity index (χ3v) is 6.83. The predicted molar refractivity (Wildman–Crippen MR) is 147 cm³/mol. The Morgan fingerprint density at radius 2 is 0.882 bits per heavy atom. The van der Waals surface area contributed by atoms with Crippen LogP contribution in [0.1, 0.15) is 127 Å². The van der Waals surface area contributed by atoms with E-state index in [1.54, 1.807) is 0 Å². The van der Waals surface area contributed by atoms with E-state index in [9.17, 15) is 10.2 Å². The molecule has 0 radical (unpaired) electrons. The number of hydrogen-bond acceptors (Lipinski definition) is 2. The van der Waals surface area contributed by atoms with E-state index in [1.165, 1.54) is 36.8 Å². The molecule has 0 heterocycles. The zero-order chi connectivity index (χ0) is 25.5. The number of rotatable bonds is 11. The van der Waals surface area contributed by atoms with Gasteiger partial charge in [-0.25, -0.2) is 0 Å². The van der Waals surface area contributed by atoms with Crippen molar-refractivity contribution >= 4 is 0 Å². The van der Waals surface area contributed by atoms with Gasteiger partial charge in [0.1, 0.15) is 11.5 Å². The van der Waals surface area contributed by atoms with Gasteiger partial charge in [0.2, 0.25) is 0 Å². The summed E-state index contributed by atoms with van der Waals surface area (Å²) >= 11 is 0. The van der Waals surface area contributed by atoms with E-state index in [-0.39, 0.29) is 10.8 Å². The average molecular weight is 467 g/mol. The third-order valence-electron chi connectivity index (χ3n) is 6.83. The first-order chi connectivity index (χ1) is 15.9. The summed E-state index contributed by atoms with van der Waals surface area (Å²) in [6, 6.07) is 8.92. The van der Waals surface area contributed by atoms with E-state index in [0.29, 0.717) is 11.5 Å². The van der Waals surface area contributed by atoms with Crippen molar-refractivity contribution in [2.24, 2.45) is 0 Å². The second-order valence-corrected chi connectivity index (χ2v) is 12.2. The summed E-state index contributed by atoms with van der Waals surface area (Å²) in [4.78, 5) is 0. The quantitative estimate of drug-likeness (QED) is 0.324. The Morgan fingerprint density at radius 1 is 0.529 bits per heavy atom. The molecule has 2 rings (SSSR count). The summed E-state index contributed by atoms with van der Waals surface area (Å²) in [5.74, 6) is 1.01. The number of benzene rings is 2. The first-order valence-corrected chi connectivity index (χ1v) is 13.6. The van der Waals surface area contributed by atoms with Gasteiger partial charge in [0, 0.05) is 0 Å². The van der Waals surface area contributed by atoms with Crippen LogP contribution in [0.5, 0.6) is 11.5 Å². The maximum absolute atomic E-state index is 10.8. The minimum Gasteiger partial charge on any atom is -0.507 e. The van der Waals surface area contributed by atoms with Crippen molar-refractivity contribution in [3.63, 3.8) is 0 Å². The van der Waals surface area contributed by atoms with Crippen LogP contribution in [0.4, 0.5) is 0 Å². The van der Waals surface area contributed by atoms with E-state index in [0.717, 1.165) is 60.8 Å². The van der Waals surface area contributed by atoms with Crippen LogP contribution >= 0.6 is 0 Å². The molecule has 0 saturated heterocycles. The molecule has 190 valence electrons. The van der Waals surface area contributed by atoms with E-state index in [2.05, 4.69) is 79.7 Å². The van der Waals surface area contributed by atoms with Crippen LogP contribution in [0.2, 0.25) is 0 Å². The van der Waals surface area contributed by atoms with Crippen molar-refractivity contribution in [3.05, 3.63) is 57.6 Å². The SMILES string of the molecule is CCCc1cc(CCCCCCc2cc(CCC)c(O)c(C(C)(C)C)c2)cc(C(C)(C)C)c1O. The highest BCUT2D eigenvalue weighted by Gasteiger charge is 2.22. The number of aryl methyl sites for hydroxylation is 4. The summed E-state index contributed by atoms with van der Waals surface area (Å²) in [5, 5.41) is 21.5. The van der Waals surface area contributed by atoms with Crippen molar-refractivity contribution < 1.29 is 10.2 Å². The van der Waals surface area contributed by atoms with Crippen LogP contribution in [0.15, 0.2) is 24.3 Å². The van der Waals surface area contributed by atoms with Gasteiger partial charge in [-0.15, -0.1) is 0 Å². The van der Waals surface area contributed by atoms with Gasteiger partial charge in [-0.2, -0.15) is 0 Å². The molecule has 0 saturated carbocycles. The molecule has 0 fully saturated rings. The summed E-state index contributed by atoms with van der Waals surface area (Å²) in [6.45, 7) is 17.4. The molecule has 2 nitrogen and oxygen atoms in total. The van der Waals surface area contributed by atoms with Crippen molar-refractivity contribution in [1.29, 1.82) is 0 Å². The van der Waals surface area contributed by atoms with Gasteiger partial charge in [-0.3, -0.25) is 0 Å². The summed E-state index contributed by atoms with van der Waals surface area (Å²) < 4.78 is 0. The Labute approximate surface area is 209 Å². The number of phenolic OH excluding ortho intramolecular Hbond substituents is 2. The highest BCUT2D eigenvalue weighted by Crippen LogP contribution is 2.36. The Bertz CT molecular complexity index is 848. The lowest BCUT2D eigenvalue weighted by atomic mass is 9.82. The Hall–Kier alpha value is -1.96. The first kappa shape index (κ1) is 28.3. The lowest BCUT2D eigenvalue weighted by molar-refractivity contribution is 0.438. The van der Waals surface area contributed by atoms with Crippen LogP contribution in [0.3, 0.4) is 0 Å². The minimum atomic E-state index is -0.0464. The molecular weight excluding hydrogens is 416 g/mol. The van der Waals surface area contributed by atoms with Crippen molar-refractivity contribution in [3.8, 4) is 11.5 Å². The fraction of sp³-hybridized carbons (Fsp3) is 0.625. The molecule has 34 heavy (non-hydrogen) atoms. The minimum absolute atomic E-state index is 0.0464. The zero-order valence-electron chi connectivity index (χ0n) is 23.3. The zero-order valence-corrected chi connectivity index (χ0v) is 23.3. The lowest BCUT2D eigenvalue weighted by Crippen LogP contribution is -2.13. The van der Waals surface area contributed by atoms with E-state index >= 15 is 0 Å². The van der Waals surface area contributed by atoms with Gasteiger partial charge in [0.05, 0.1) is 0 Å². The van der Waals surface area contributed by atoms with Gasteiger partial charge in [-0.05, 0) is 82.7 Å². The highest BCUT2D eigenvalue weighted by molar-refractivity contribution is 5.48. The Kier molecular flexibility index (Phi) is 10.1. The maximum atomic E-state index is 10.8. The fourth-order valence-corrected chi connectivity index (χ4v) is 4.88. The van der Waals surface area contributed by atoms with Crippen molar-refractivity contribution in [1.82, 2.24) is 0 Å². The second-order valence-electron chi connectivity index (χ2n) is 12.2. The van der Waals surface area contributed by atoms with Crippen molar-refractivity contribution in [2.45, 2.75) is 130 Å². The molecule has 0 aliphatic heterocycles. The first-order valence-electron chi connectivity index (χ1n) is 13.6. The van der Waals surface area contributed by atoms with Gasteiger partial charge in [-0.1, -0.05) is 105 Å². The molecule has 0 aliphatic carbocycles. The molecule has 2 heteroatoms. The van der Waals surface area contributed by atoms with Gasteiger partial charge < -0.3 is 10.2 Å². The van der Waals surface area contributed by atoms with Crippen LogP contribution in [0.25, 0.3) is 0 Å². The molecule has 0 unspecified atom stereocenters. The van der Waals surface area contributed by atoms with Gasteiger partial charge in [0.25, 0.3) is 0 Å². The van der Waals surface area contributed by atoms with E-state index in [4.69, 9.17) is 0 Å². The summed E-state index contributed by atoms with van der Waals surface area (Å²) in [7, 11) is 0. The van der Waals surface area contributed by atoms with Crippen LogP contribution in [-0.4, -0.2) is 10.2 Å². The maximum Gasteiger partial charge on any atom is 0.122 e. The predicted octanol–water partition coefficient (Wildman–Crippen LogP) is 8.94. The van der Waals surface area contributed by atoms with Crippen LogP contribution in [-0.2, 0) is 36.5 Å². The second kappa shape index (κ2) is 12.1. The van der Waals surface area contributed by atoms with Gasteiger partial charge >= 0.3 is 0 Å². The molecule has 0 aromatic heterocycles. The topological polar surface area (TPSA) is 40.5 Å². The number of phenols is 2. The van der Waals surface area contributed by atoms with Crippen molar-refractivity contribution in [2.75, 3.05) is 0 Å². The summed E-state index contributed by atoms with van der Waals surface area (Å²) in [5.41, 5.74) is 7.01. The molecule has 0 bridgehead atoms. The van der Waals surface area contributed by atoms with Crippen LogP contribution < -0.4 is 0 Å². The third kappa shape index (κ3) is 7.79. The Morgan fingerprint density at radius 3 is 1.18 bits per heavy atom. The lowest BCUT2D eigenvalue weighted by Gasteiger charge is -2.23. The Balaban J connectivity index is 1.96. The largest absolute Gasteiger partial charge is 0.507 e. The molecular formula is C32H50O2. The van der Waals surface area contributed by atoms with Crippen LogP contribution in [0, 0.1) is 0 Å². The molecule has 2 aromatic rings. The molecule has 0 atom stereocenters. The molecule has 0 aliphatic rings. The molecule has 0 amide bonds. The normalized spacial score (nSPS) is 12.4. The number of hydrogen-bond donors (Lipinski definition) is 2. The fourth-order valence-electron chi connectivity index (χ4n) is 4.88. The number of unbranched alkanes of at least 4 members (excludes halogenated alkanes) is 3. The number of aromatic hydroxyl groups is 2. The van der Waals surface area contributed by atoms with E-state index in [1.807, 2.05) is 0 Å². The van der Waals surface area contributed by atoms with Gasteiger partial charge in [0.15, 0.2) is 0 Å². The monoisotopic (exact) mass is 466 g/mol. The smallest absolute Gasteiger partial charge is 0.122 e. The van der Waals surface area contributed by atoms with E-state index < -0.39 is 0 Å². The highest BCUT2D eigenvalue weighted by atomic mass is 16.3. The molecule has 2 aromatic carbocycles. The molecule has 0 spiro atoms. The molecule has 2 N–H and O–H groups in total. The standard InChI is InChI=1S/C32H50O2/c1-9-15-25-19-23(21-27(29(25)33)31(3,4)5)17-13-11-12-14-18-24-20-26(16-10-2)30(34)28(22-24)32(6,7)8/h19-22,33-34H,9-18H2,1-8H3. The average Bonchev–Trinajstić information content (AvgIpc) is 2.73. The summed E-state index contributed by atoms with van der Waals surface area (Å²) in [6.07, 6.45) is 10.9.